The zero-order valence-electron chi connectivity index (χ0n) is 11.2. The molecule has 1 aromatic heterocycles. The number of hydrogen-bond acceptors (Lipinski definition) is 5. The molecule has 2 N–H and O–H groups in total. The van der Waals surface area contributed by atoms with Crippen LogP contribution in [0, 0.1) is 0 Å². The van der Waals surface area contributed by atoms with Gasteiger partial charge in [0.15, 0.2) is 0 Å². The maximum Gasteiger partial charge on any atom is 0.378 e. The Hall–Kier alpha value is -2.37. The van der Waals surface area contributed by atoms with Crippen LogP contribution in [0.4, 0.5) is 5.69 Å². The van der Waals surface area contributed by atoms with Gasteiger partial charge in [-0.05, 0) is 25.0 Å². The molecule has 3 rings (SSSR count). The van der Waals surface area contributed by atoms with Gasteiger partial charge in [0.05, 0.1) is 6.61 Å². The third-order valence-corrected chi connectivity index (χ3v) is 3.38. The molecular weight excluding hydrogens is 256 g/mol. The third-order valence-electron chi connectivity index (χ3n) is 3.38. The summed E-state index contributed by atoms with van der Waals surface area (Å²) >= 11 is 0. The predicted octanol–water partition coefficient (Wildman–Crippen LogP) is 1.93. The normalized spacial score (nSPS) is 17.1. The van der Waals surface area contributed by atoms with Gasteiger partial charge in [-0.15, -0.1) is 5.10 Å². The van der Waals surface area contributed by atoms with Crippen LogP contribution in [0.1, 0.15) is 41.3 Å². The lowest BCUT2D eigenvalue weighted by Gasteiger charge is -2.24. The lowest BCUT2D eigenvalue weighted by Crippen LogP contribution is -2.18. The van der Waals surface area contributed by atoms with Crippen molar-refractivity contribution in [3.05, 3.63) is 41.5 Å². The van der Waals surface area contributed by atoms with Gasteiger partial charge in [-0.1, -0.05) is 18.2 Å². The molecule has 1 aliphatic rings. The van der Waals surface area contributed by atoms with Crippen LogP contribution in [0.25, 0.3) is 0 Å². The van der Waals surface area contributed by atoms with Crippen molar-refractivity contribution in [2.45, 2.75) is 19.3 Å². The van der Waals surface area contributed by atoms with Crippen molar-refractivity contribution >= 4 is 11.7 Å². The zero-order chi connectivity index (χ0) is 13.9. The van der Waals surface area contributed by atoms with Crippen molar-refractivity contribution in [3.8, 4) is 0 Å². The summed E-state index contributed by atoms with van der Waals surface area (Å²) in [4.78, 5) is 15.9. The number of aromatic amines is 1. The first-order chi connectivity index (χ1) is 9.79. The average molecular weight is 272 g/mol. The highest BCUT2D eigenvalue weighted by Crippen LogP contribution is 2.34. The molecule has 6 heteroatoms. The number of nitrogens with one attached hydrogen (secondary N) is 2. The topological polar surface area (TPSA) is 79.9 Å². The summed E-state index contributed by atoms with van der Waals surface area (Å²) < 4.78 is 4.90. The van der Waals surface area contributed by atoms with Crippen LogP contribution in [0.5, 0.6) is 0 Å². The molecule has 1 aliphatic heterocycles. The molecule has 6 nitrogen and oxygen atoms in total. The quantitative estimate of drug-likeness (QED) is 0.834. The van der Waals surface area contributed by atoms with Crippen molar-refractivity contribution in [1.82, 2.24) is 15.2 Å². The Labute approximate surface area is 116 Å². The molecule has 0 radical (unpaired) electrons. The largest absolute Gasteiger partial charge is 0.460 e. The Morgan fingerprint density at radius 3 is 3.15 bits per heavy atom. The Kier molecular flexibility index (Phi) is 3.37. The maximum atomic E-state index is 11.6. The number of para-hydroxylation sites is 1. The number of hydrogen-bond donors (Lipinski definition) is 2. The van der Waals surface area contributed by atoms with E-state index in [0.29, 0.717) is 12.4 Å². The summed E-state index contributed by atoms with van der Waals surface area (Å²) in [5, 5.41) is 10.2. The molecule has 0 bridgehead atoms. The third kappa shape index (κ3) is 2.24. The second-order valence-electron chi connectivity index (χ2n) is 4.62. The minimum atomic E-state index is -0.489. The predicted molar refractivity (Wildman–Crippen MR) is 73.7 cm³/mol. The van der Waals surface area contributed by atoms with Crippen LogP contribution in [-0.4, -0.2) is 34.3 Å². The van der Waals surface area contributed by atoms with E-state index in [9.17, 15) is 4.79 Å². The summed E-state index contributed by atoms with van der Waals surface area (Å²) in [5.74, 6) is 0.445. The first kappa shape index (κ1) is 12.7. The van der Waals surface area contributed by atoms with Crippen LogP contribution >= 0.6 is 0 Å². The molecule has 0 spiro atoms. The molecule has 2 heterocycles. The maximum absolute atomic E-state index is 11.6. The van der Waals surface area contributed by atoms with E-state index < -0.39 is 5.97 Å². The van der Waals surface area contributed by atoms with E-state index in [-0.39, 0.29) is 11.7 Å². The molecule has 0 fully saturated rings. The van der Waals surface area contributed by atoms with Gasteiger partial charge in [-0.2, -0.15) is 0 Å². The van der Waals surface area contributed by atoms with Crippen LogP contribution in [0.15, 0.2) is 24.3 Å². The van der Waals surface area contributed by atoms with Gasteiger partial charge in [0.2, 0.25) is 0 Å². The summed E-state index contributed by atoms with van der Waals surface area (Å²) in [6.07, 6.45) is 0.911. The standard InChI is InChI=1S/C14H16N4O2/c1-2-20-14(19)13-16-12(17-18-13)10-7-8-15-11-6-4-3-5-9(10)11/h3-6,10,15H,2,7-8H2,1H3,(H,16,17,18). The summed E-state index contributed by atoms with van der Waals surface area (Å²) in [6, 6.07) is 8.11. The van der Waals surface area contributed by atoms with Crippen molar-refractivity contribution in [3.63, 3.8) is 0 Å². The second-order valence-corrected chi connectivity index (χ2v) is 4.62. The number of anilines is 1. The number of ether oxygens (including phenoxy) is 1. The number of H-pyrrole nitrogens is 1. The fourth-order valence-corrected chi connectivity index (χ4v) is 2.47. The Morgan fingerprint density at radius 2 is 2.30 bits per heavy atom. The van der Waals surface area contributed by atoms with E-state index in [1.807, 2.05) is 18.2 Å². The number of fused-ring (bicyclic) bond motifs is 1. The summed E-state index contributed by atoms with van der Waals surface area (Å²) in [6.45, 7) is 2.95. The number of aromatic nitrogens is 3. The van der Waals surface area contributed by atoms with E-state index in [1.165, 1.54) is 5.56 Å². The van der Waals surface area contributed by atoms with Gasteiger partial charge in [-0.3, -0.25) is 5.10 Å². The van der Waals surface area contributed by atoms with Crippen molar-refractivity contribution < 1.29 is 9.53 Å². The molecule has 0 amide bonds. The number of benzene rings is 1. The van der Waals surface area contributed by atoms with Crippen LogP contribution < -0.4 is 5.32 Å². The molecule has 2 aromatic rings. The van der Waals surface area contributed by atoms with Gasteiger partial charge in [-0.25, -0.2) is 9.78 Å². The first-order valence-corrected chi connectivity index (χ1v) is 6.71. The van der Waals surface area contributed by atoms with E-state index in [0.717, 1.165) is 18.7 Å². The fourth-order valence-electron chi connectivity index (χ4n) is 2.47. The number of esters is 1. The molecule has 1 unspecified atom stereocenters. The fraction of sp³-hybridized carbons (Fsp3) is 0.357. The van der Waals surface area contributed by atoms with Crippen molar-refractivity contribution in [1.29, 1.82) is 0 Å². The first-order valence-electron chi connectivity index (χ1n) is 6.71. The van der Waals surface area contributed by atoms with Gasteiger partial charge in [0, 0.05) is 18.2 Å². The lowest BCUT2D eigenvalue weighted by molar-refractivity contribution is 0.0512. The van der Waals surface area contributed by atoms with E-state index >= 15 is 0 Å². The molecule has 1 atom stereocenters. The Balaban J connectivity index is 1.89. The number of carbonyl (C=O) groups is 1. The van der Waals surface area contributed by atoms with Gasteiger partial charge >= 0.3 is 5.97 Å². The highest BCUT2D eigenvalue weighted by Gasteiger charge is 2.25. The molecule has 1 aromatic carbocycles. The van der Waals surface area contributed by atoms with Crippen LogP contribution in [0.2, 0.25) is 0 Å². The number of nitrogens with zero attached hydrogens (tertiary/aromatic N) is 2. The molecular formula is C14H16N4O2. The van der Waals surface area contributed by atoms with Crippen LogP contribution in [0.3, 0.4) is 0 Å². The second kappa shape index (κ2) is 5.32. The average Bonchev–Trinajstić information content (AvgIpc) is 2.97. The minimum absolute atomic E-state index is 0.0952. The van der Waals surface area contributed by atoms with Gasteiger partial charge in [0.25, 0.3) is 5.82 Å². The van der Waals surface area contributed by atoms with E-state index in [1.54, 1.807) is 6.92 Å². The number of rotatable bonds is 3. The summed E-state index contributed by atoms with van der Waals surface area (Å²) in [5.41, 5.74) is 2.28. The minimum Gasteiger partial charge on any atom is -0.460 e. The monoisotopic (exact) mass is 272 g/mol. The molecule has 104 valence electrons. The SMILES string of the molecule is CCOC(=O)c1n[nH]c(C2CCNc3ccccc32)n1. The van der Waals surface area contributed by atoms with E-state index in [4.69, 9.17) is 4.74 Å². The van der Waals surface area contributed by atoms with E-state index in [2.05, 4.69) is 26.6 Å². The molecule has 0 saturated carbocycles. The summed E-state index contributed by atoms with van der Waals surface area (Å²) in [7, 11) is 0. The van der Waals surface area contributed by atoms with Crippen molar-refractivity contribution in [2.24, 2.45) is 0 Å². The lowest BCUT2D eigenvalue weighted by atomic mass is 9.90. The molecule has 0 saturated heterocycles. The Bertz CT molecular complexity index is 623. The van der Waals surface area contributed by atoms with Gasteiger partial charge in [0.1, 0.15) is 5.82 Å². The smallest absolute Gasteiger partial charge is 0.378 e. The number of carbonyl (C=O) groups excluding carboxylic acids is 1. The molecule has 0 aliphatic carbocycles. The van der Waals surface area contributed by atoms with Crippen molar-refractivity contribution in [2.75, 3.05) is 18.5 Å². The highest BCUT2D eigenvalue weighted by atomic mass is 16.5. The highest BCUT2D eigenvalue weighted by molar-refractivity contribution is 5.85. The Morgan fingerprint density at radius 1 is 1.45 bits per heavy atom. The van der Waals surface area contributed by atoms with Crippen LogP contribution in [-0.2, 0) is 4.74 Å². The zero-order valence-corrected chi connectivity index (χ0v) is 11.2. The molecule has 20 heavy (non-hydrogen) atoms. The van der Waals surface area contributed by atoms with Gasteiger partial charge < -0.3 is 10.1 Å².